The predicted octanol–water partition coefficient (Wildman–Crippen LogP) is 2.78. The zero-order valence-electron chi connectivity index (χ0n) is 19.4. The zero-order valence-corrected chi connectivity index (χ0v) is 20.2. The molecule has 10 nitrogen and oxygen atoms in total. The van der Waals surface area contributed by atoms with Gasteiger partial charge in [-0.25, -0.2) is 9.59 Å². The number of nitrogens with zero attached hydrogens (tertiary/aromatic N) is 2. The van der Waals surface area contributed by atoms with E-state index in [4.69, 9.17) is 14.2 Å². The van der Waals surface area contributed by atoms with Crippen LogP contribution in [-0.2, 0) is 18.8 Å². The molecule has 0 fully saturated rings. The third-order valence-electron chi connectivity index (χ3n) is 5.76. The second-order valence-electron chi connectivity index (χ2n) is 7.54. The molecule has 1 aromatic carbocycles. The molecule has 3 aromatic heterocycles. The van der Waals surface area contributed by atoms with Gasteiger partial charge in [-0.3, -0.25) is 13.9 Å². The molecule has 0 saturated carbocycles. The van der Waals surface area contributed by atoms with Gasteiger partial charge >= 0.3 is 11.7 Å². The van der Waals surface area contributed by atoms with Crippen molar-refractivity contribution in [3.8, 4) is 38.9 Å². The third kappa shape index (κ3) is 3.19. The fourth-order valence-electron chi connectivity index (χ4n) is 4.08. The van der Waals surface area contributed by atoms with Crippen LogP contribution in [0.4, 0.5) is 0 Å². The quantitative estimate of drug-likeness (QED) is 0.417. The Hall–Kier alpha value is -3.99. The van der Waals surface area contributed by atoms with Crippen molar-refractivity contribution in [1.82, 2.24) is 14.1 Å². The van der Waals surface area contributed by atoms with Crippen LogP contribution >= 0.6 is 11.3 Å². The van der Waals surface area contributed by atoms with E-state index in [-0.39, 0.29) is 27.2 Å². The number of benzene rings is 1. The van der Waals surface area contributed by atoms with Gasteiger partial charge in [0.1, 0.15) is 28.5 Å². The number of nitrogens with one attached hydrogen (secondary N) is 1. The number of aryl methyl sites for hydroxylation is 2. The molecule has 0 radical (unpaired) electrons. The van der Waals surface area contributed by atoms with Crippen LogP contribution in [0.5, 0.6) is 17.2 Å². The number of carbonyl (C=O) groups excluding carboxylic acids is 1. The minimum Gasteiger partial charge on any atom is -0.505 e. The molecule has 11 heteroatoms. The molecular weight excluding hydrogens is 462 g/mol. The number of ether oxygens (including phenoxy) is 3. The van der Waals surface area contributed by atoms with E-state index in [9.17, 15) is 19.5 Å². The first-order chi connectivity index (χ1) is 16.2. The summed E-state index contributed by atoms with van der Waals surface area (Å²) in [6, 6.07) is 5.20. The largest absolute Gasteiger partial charge is 0.505 e. The molecule has 34 heavy (non-hydrogen) atoms. The number of hydrogen-bond acceptors (Lipinski definition) is 8. The van der Waals surface area contributed by atoms with Crippen molar-refractivity contribution in [3.63, 3.8) is 0 Å². The molecule has 4 rings (SSSR count). The van der Waals surface area contributed by atoms with Crippen LogP contribution in [0.2, 0.25) is 0 Å². The highest BCUT2D eigenvalue weighted by Crippen LogP contribution is 2.50. The lowest BCUT2D eigenvalue weighted by molar-refractivity contribution is 0.0597. The van der Waals surface area contributed by atoms with Gasteiger partial charge in [-0.1, -0.05) is 6.07 Å². The van der Waals surface area contributed by atoms with E-state index in [0.29, 0.717) is 33.2 Å². The Balaban J connectivity index is 2.27. The van der Waals surface area contributed by atoms with Crippen LogP contribution in [0.1, 0.15) is 15.2 Å². The Labute approximate surface area is 197 Å². The van der Waals surface area contributed by atoms with Crippen LogP contribution in [0.15, 0.2) is 27.8 Å². The summed E-state index contributed by atoms with van der Waals surface area (Å²) in [5, 5.41) is 11.3. The summed E-state index contributed by atoms with van der Waals surface area (Å²) in [5.74, 6) is -0.139. The average Bonchev–Trinajstić information content (AvgIpc) is 3.37. The molecule has 0 bridgehead atoms. The highest BCUT2D eigenvalue weighted by atomic mass is 32.1. The number of aromatic nitrogens is 3. The highest BCUT2D eigenvalue weighted by Gasteiger charge is 2.31. The van der Waals surface area contributed by atoms with Crippen molar-refractivity contribution in [2.24, 2.45) is 14.1 Å². The minimum atomic E-state index is -0.700. The van der Waals surface area contributed by atoms with Crippen LogP contribution in [-0.4, -0.2) is 46.5 Å². The number of thiophene rings is 1. The van der Waals surface area contributed by atoms with E-state index in [0.717, 1.165) is 15.9 Å². The molecule has 0 atom stereocenters. The molecule has 2 N–H and O–H groups in total. The molecule has 3 heterocycles. The van der Waals surface area contributed by atoms with E-state index in [1.165, 1.54) is 40.0 Å². The lowest BCUT2D eigenvalue weighted by atomic mass is 10.0. The number of fused-ring (bicyclic) bond motifs is 1. The van der Waals surface area contributed by atoms with Crippen LogP contribution in [0.3, 0.4) is 0 Å². The molecule has 0 amide bonds. The zero-order chi connectivity index (χ0) is 24.9. The predicted molar refractivity (Wildman–Crippen MR) is 128 cm³/mol. The SMILES string of the molecule is COC(=O)c1c(C)sc(-c2c(-c3c(OC)cccc3OC)[nH]c3c2c(=O)n(C)c(=O)n3C)c1O. The van der Waals surface area contributed by atoms with E-state index in [1.807, 2.05) is 0 Å². The van der Waals surface area contributed by atoms with Crippen LogP contribution in [0, 0.1) is 6.92 Å². The molecular formula is C23H23N3O7S. The molecule has 4 aromatic rings. The van der Waals surface area contributed by atoms with Crippen molar-refractivity contribution >= 4 is 28.3 Å². The average molecular weight is 486 g/mol. The molecule has 178 valence electrons. The Morgan fingerprint density at radius 2 is 1.65 bits per heavy atom. The number of aromatic hydroxyl groups is 1. The topological polar surface area (TPSA) is 125 Å². The van der Waals surface area contributed by atoms with E-state index in [1.54, 1.807) is 25.1 Å². The Bertz CT molecular complexity index is 1550. The number of hydrogen-bond donors (Lipinski definition) is 2. The van der Waals surface area contributed by atoms with Gasteiger partial charge < -0.3 is 24.3 Å². The Morgan fingerprint density at radius 1 is 1.03 bits per heavy atom. The van der Waals surface area contributed by atoms with Gasteiger partial charge in [-0.05, 0) is 19.1 Å². The van der Waals surface area contributed by atoms with E-state index in [2.05, 4.69) is 4.98 Å². The van der Waals surface area contributed by atoms with Crippen molar-refractivity contribution in [2.75, 3.05) is 21.3 Å². The minimum absolute atomic E-state index is 0.0106. The third-order valence-corrected chi connectivity index (χ3v) is 6.87. The second-order valence-corrected chi connectivity index (χ2v) is 8.77. The van der Waals surface area contributed by atoms with Crippen molar-refractivity contribution < 1.29 is 24.1 Å². The number of methoxy groups -OCH3 is 3. The van der Waals surface area contributed by atoms with Gasteiger partial charge in [0.15, 0.2) is 0 Å². The summed E-state index contributed by atoms with van der Waals surface area (Å²) in [6.07, 6.45) is 0. The summed E-state index contributed by atoms with van der Waals surface area (Å²) in [7, 11) is 7.13. The summed E-state index contributed by atoms with van der Waals surface area (Å²) in [6.45, 7) is 1.67. The number of esters is 1. The normalized spacial score (nSPS) is 11.1. The van der Waals surface area contributed by atoms with Gasteiger partial charge in [-0.2, -0.15) is 0 Å². The number of aromatic amines is 1. The molecule has 0 spiro atoms. The Kier molecular flexibility index (Phi) is 5.74. The first kappa shape index (κ1) is 23.2. The lowest BCUT2D eigenvalue weighted by Gasteiger charge is -2.13. The molecule has 0 saturated heterocycles. The summed E-state index contributed by atoms with van der Waals surface area (Å²) < 4.78 is 18.3. The van der Waals surface area contributed by atoms with E-state index >= 15 is 0 Å². The van der Waals surface area contributed by atoms with Crippen molar-refractivity contribution in [2.45, 2.75) is 6.92 Å². The Morgan fingerprint density at radius 3 is 2.21 bits per heavy atom. The number of rotatable bonds is 5. The first-order valence-corrected chi connectivity index (χ1v) is 10.9. The molecule has 0 unspecified atom stereocenters. The molecule has 0 aliphatic heterocycles. The smallest absolute Gasteiger partial charge is 0.342 e. The fourth-order valence-corrected chi connectivity index (χ4v) is 5.17. The van der Waals surface area contributed by atoms with Crippen molar-refractivity contribution in [1.29, 1.82) is 0 Å². The molecule has 0 aliphatic carbocycles. The standard InChI is InChI=1S/C23H23N3O7S/c1-10-13(22(29)33-6)18(27)19(34-10)15-16-20(25(2)23(30)26(3)21(16)28)24-17(15)14-11(31-4)8-7-9-12(14)32-5/h7-9,24,27H,1-6H3. The van der Waals surface area contributed by atoms with E-state index < -0.39 is 17.2 Å². The molecule has 0 aliphatic rings. The van der Waals surface area contributed by atoms with Gasteiger partial charge in [0, 0.05) is 24.5 Å². The summed E-state index contributed by atoms with van der Waals surface area (Å²) in [5.41, 5.74) is 0.358. The summed E-state index contributed by atoms with van der Waals surface area (Å²) in [4.78, 5) is 42.3. The van der Waals surface area contributed by atoms with Gasteiger partial charge in [0.2, 0.25) is 0 Å². The van der Waals surface area contributed by atoms with Crippen LogP contribution < -0.4 is 20.7 Å². The lowest BCUT2D eigenvalue weighted by Crippen LogP contribution is -2.36. The maximum absolute atomic E-state index is 13.3. The number of H-pyrrole nitrogens is 1. The van der Waals surface area contributed by atoms with Crippen molar-refractivity contribution in [3.05, 3.63) is 49.5 Å². The maximum atomic E-state index is 13.3. The first-order valence-electron chi connectivity index (χ1n) is 10.1. The van der Waals surface area contributed by atoms with Gasteiger partial charge in [0.25, 0.3) is 5.56 Å². The van der Waals surface area contributed by atoms with Gasteiger partial charge in [-0.15, -0.1) is 11.3 Å². The van der Waals surface area contributed by atoms with Crippen LogP contribution in [0.25, 0.3) is 32.7 Å². The summed E-state index contributed by atoms with van der Waals surface area (Å²) >= 11 is 1.13. The van der Waals surface area contributed by atoms with Gasteiger partial charge in [0.05, 0.1) is 42.9 Å². The second kappa shape index (κ2) is 8.41. The maximum Gasteiger partial charge on any atom is 0.342 e. The number of carbonyl (C=O) groups is 1. The monoisotopic (exact) mass is 485 g/mol. The fraction of sp³-hybridized carbons (Fsp3) is 0.261. The highest BCUT2D eigenvalue weighted by molar-refractivity contribution is 7.16.